The number of thiazole rings is 1. The average Bonchev–Trinajstić information content (AvgIpc) is 3.17. The summed E-state index contributed by atoms with van der Waals surface area (Å²) in [6.07, 6.45) is 2.20. The van der Waals surface area contributed by atoms with Crippen molar-refractivity contribution in [3.63, 3.8) is 0 Å². The molecular formula is C18H24N2O2S. The van der Waals surface area contributed by atoms with Gasteiger partial charge < -0.3 is 9.84 Å². The topological polar surface area (TPSA) is 45.6 Å². The van der Waals surface area contributed by atoms with Crippen molar-refractivity contribution in [1.82, 2.24) is 9.88 Å². The zero-order valence-corrected chi connectivity index (χ0v) is 14.8. The Bertz CT molecular complexity index is 646. The lowest BCUT2D eigenvalue weighted by molar-refractivity contribution is -0.00530. The van der Waals surface area contributed by atoms with Crippen LogP contribution in [0.4, 0.5) is 0 Å². The number of hydrogen-bond donors (Lipinski definition) is 1. The van der Waals surface area contributed by atoms with Crippen molar-refractivity contribution in [3.05, 3.63) is 35.3 Å². The van der Waals surface area contributed by atoms with Crippen LogP contribution in [0.2, 0.25) is 0 Å². The highest BCUT2D eigenvalue weighted by atomic mass is 32.1. The van der Waals surface area contributed by atoms with Gasteiger partial charge >= 0.3 is 0 Å². The molecule has 1 saturated heterocycles. The molecular weight excluding hydrogens is 308 g/mol. The van der Waals surface area contributed by atoms with Gasteiger partial charge in [0.2, 0.25) is 0 Å². The predicted octanol–water partition coefficient (Wildman–Crippen LogP) is 3.55. The van der Waals surface area contributed by atoms with Gasteiger partial charge in [-0.15, -0.1) is 11.3 Å². The van der Waals surface area contributed by atoms with Gasteiger partial charge in [-0.1, -0.05) is 0 Å². The van der Waals surface area contributed by atoms with Crippen LogP contribution >= 0.6 is 11.3 Å². The SMILES string of the molecule is COc1ccc(-c2nc(CN3CCCC3C(C)(C)O)cs2)cc1. The molecule has 1 atom stereocenters. The highest BCUT2D eigenvalue weighted by molar-refractivity contribution is 7.13. The second-order valence-electron chi connectivity index (χ2n) is 6.65. The Kier molecular flexibility index (Phi) is 4.71. The van der Waals surface area contributed by atoms with E-state index in [1.807, 2.05) is 38.1 Å². The van der Waals surface area contributed by atoms with Crippen LogP contribution < -0.4 is 4.74 Å². The summed E-state index contributed by atoms with van der Waals surface area (Å²) in [6, 6.07) is 8.21. The summed E-state index contributed by atoms with van der Waals surface area (Å²) in [7, 11) is 1.67. The molecule has 3 rings (SSSR count). The Morgan fingerprint density at radius 2 is 2.09 bits per heavy atom. The van der Waals surface area contributed by atoms with Crippen LogP contribution in [-0.2, 0) is 6.54 Å². The molecule has 0 amide bonds. The monoisotopic (exact) mass is 332 g/mol. The van der Waals surface area contributed by atoms with Crippen LogP contribution in [0.25, 0.3) is 10.6 Å². The van der Waals surface area contributed by atoms with E-state index in [0.29, 0.717) is 0 Å². The van der Waals surface area contributed by atoms with Gasteiger partial charge in [-0.25, -0.2) is 4.98 Å². The molecule has 1 aliphatic rings. The molecule has 2 heterocycles. The van der Waals surface area contributed by atoms with E-state index in [4.69, 9.17) is 9.72 Å². The van der Waals surface area contributed by atoms with E-state index in [-0.39, 0.29) is 6.04 Å². The number of hydrogen-bond acceptors (Lipinski definition) is 5. The molecule has 1 N–H and O–H groups in total. The summed E-state index contributed by atoms with van der Waals surface area (Å²) in [6.45, 7) is 5.64. The highest BCUT2D eigenvalue weighted by Crippen LogP contribution is 2.30. The van der Waals surface area contributed by atoms with Gasteiger partial charge in [-0.2, -0.15) is 0 Å². The Hall–Kier alpha value is -1.43. The first-order valence-corrected chi connectivity index (χ1v) is 8.90. The zero-order chi connectivity index (χ0) is 16.4. The van der Waals surface area contributed by atoms with Crippen LogP contribution in [0.15, 0.2) is 29.6 Å². The molecule has 0 saturated carbocycles. The molecule has 23 heavy (non-hydrogen) atoms. The first-order chi connectivity index (χ1) is 11.0. The van der Waals surface area contributed by atoms with E-state index in [9.17, 15) is 5.11 Å². The molecule has 1 aromatic heterocycles. The maximum Gasteiger partial charge on any atom is 0.123 e. The lowest BCUT2D eigenvalue weighted by atomic mass is 9.96. The predicted molar refractivity (Wildman–Crippen MR) is 93.8 cm³/mol. The third-order valence-electron chi connectivity index (χ3n) is 4.43. The van der Waals surface area contributed by atoms with Crippen LogP contribution in [-0.4, -0.2) is 40.3 Å². The van der Waals surface area contributed by atoms with Gasteiger partial charge in [0.25, 0.3) is 0 Å². The Morgan fingerprint density at radius 1 is 1.35 bits per heavy atom. The molecule has 1 aliphatic heterocycles. The summed E-state index contributed by atoms with van der Waals surface area (Å²) >= 11 is 1.67. The number of rotatable bonds is 5. The van der Waals surface area contributed by atoms with Gasteiger partial charge in [0.15, 0.2) is 0 Å². The maximum atomic E-state index is 10.3. The van der Waals surface area contributed by atoms with Gasteiger partial charge in [-0.3, -0.25) is 4.90 Å². The van der Waals surface area contributed by atoms with Crippen LogP contribution in [0, 0.1) is 0 Å². The molecule has 1 unspecified atom stereocenters. The normalized spacial score (nSPS) is 19.2. The molecule has 1 fully saturated rings. The maximum absolute atomic E-state index is 10.3. The lowest BCUT2D eigenvalue weighted by Crippen LogP contribution is -2.45. The molecule has 4 nitrogen and oxygen atoms in total. The van der Waals surface area contributed by atoms with Gasteiger partial charge in [0, 0.05) is 23.5 Å². The Morgan fingerprint density at radius 3 is 2.74 bits per heavy atom. The minimum Gasteiger partial charge on any atom is -0.497 e. The molecule has 0 bridgehead atoms. The summed E-state index contributed by atoms with van der Waals surface area (Å²) in [5.41, 5.74) is 1.53. The Labute approximate surface area is 141 Å². The first kappa shape index (κ1) is 16.4. The van der Waals surface area contributed by atoms with E-state index < -0.39 is 5.60 Å². The van der Waals surface area contributed by atoms with Crippen molar-refractivity contribution < 1.29 is 9.84 Å². The highest BCUT2D eigenvalue weighted by Gasteiger charge is 2.35. The van der Waals surface area contributed by atoms with Crippen molar-refractivity contribution in [3.8, 4) is 16.3 Å². The van der Waals surface area contributed by atoms with Gasteiger partial charge in [0.05, 0.1) is 18.4 Å². The lowest BCUT2D eigenvalue weighted by Gasteiger charge is -2.33. The molecule has 1 aromatic carbocycles. The zero-order valence-electron chi connectivity index (χ0n) is 14.0. The summed E-state index contributed by atoms with van der Waals surface area (Å²) < 4.78 is 5.20. The number of methoxy groups -OCH3 is 1. The molecule has 124 valence electrons. The summed E-state index contributed by atoms with van der Waals surface area (Å²) in [5, 5.41) is 13.5. The average molecular weight is 332 g/mol. The second-order valence-corrected chi connectivity index (χ2v) is 7.51. The molecule has 2 aromatic rings. The first-order valence-electron chi connectivity index (χ1n) is 8.02. The number of likely N-dealkylation sites (tertiary alicyclic amines) is 1. The van der Waals surface area contributed by atoms with Gasteiger partial charge in [-0.05, 0) is 57.5 Å². The number of aliphatic hydroxyl groups is 1. The van der Waals surface area contributed by atoms with Crippen LogP contribution in [0.1, 0.15) is 32.4 Å². The van der Waals surface area contributed by atoms with E-state index in [1.165, 1.54) is 0 Å². The van der Waals surface area contributed by atoms with Crippen molar-refractivity contribution in [2.75, 3.05) is 13.7 Å². The minimum absolute atomic E-state index is 0.216. The second kappa shape index (κ2) is 6.59. The standard InChI is InChI=1S/C18H24N2O2S/c1-18(2,21)16-5-4-10-20(16)11-14-12-23-17(19-14)13-6-8-15(22-3)9-7-13/h6-9,12,16,21H,4-5,10-11H2,1-3H3. The molecule has 0 radical (unpaired) electrons. The fraction of sp³-hybridized carbons (Fsp3) is 0.500. The molecule has 0 aliphatic carbocycles. The van der Waals surface area contributed by atoms with E-state index in [2.05, 4.69) is 10.3 Å². The van der Waals surface area contributed by atoms with Crippen LogP contribution in [0.5, 0.6) is 5.75 Å². The van der Waals surface area contributed by atoms with Crippen molar-refractivity contribution in [1.29, 1.82) is 0 Å². The number of ether oxygens (including phenoxy) is 1. The largest absolute Gasteiger partial charge is 0.497 e. The third-order valence-corrected chi connectivity index (χ3v) is 5.37. The fourth-order valence-electron chi connectivity index (χ4n) is 3.27. The van der Waals surface area contributed by atoms with E-state index >= 15 is 0 Å². The Balaban J connectivity index is 1.71. The van der Waals surface area contributed by atoms with E-state index in [0.717, 1.165) is 47.9 Å². The number of aromatic nitrogens is 1. The van der Waals surface area contributed by atoms with Crippen LogP contribution in [0.3, 0.4) is 0 Å². The molecule has 0 spiro atoms. The number of benzene rings is 1. The summed E-state index contributed by atoms with van der Waals surface area (Å²) in [4.78, 5) is 7.12. The van der Waals surface area contributed by atoms with Crippen molar-refractivity contribution in [2.45, 2.75) is 44.9 Å². The number of nitrogens with zero attached hydrogens (tertiary/aromatic N) is 2. The van der Waals surface area contributed by atoms with Crippen molar-refractivity contribution in [2.24, 2.45) is 0 Å². The minimum atomic E-state index is -0.661. The van der Waals surface area contributed by atoms with Gasteiger partial charge in [0.1, 0.15) is 10.8 Å². The fourth-order valence-corrected chi connectivity index (χ4v) is 4.09. The quantitative estimate of drug-likeness (QED) is 0.909. The molecule has 5 heteroatoms. The van der Waals surface area contributed by atoms with E-state index in [1.54, 1.807) is 18.4 Å². The third kappa shape index (κ3) is 3.74. The van der Waals surface area contributed by atoms with Crippen molar-refractivity contribution >= 4 is 11.3 Å². The smallest absolute Gasteiger partial charge is 0.123 e. The summed E-state index contributed by atoms with van der Waals surface area (Å²) in [5.74, 6) is 0.857.